The van der Waals surface area contributed by atoms with Gasteiger partial charge in [0.25, 0.3) is 5.91 Å². The van der Waals surface area contributed by atoms with Crippen molar-refractivity contribution >= 4 is 5.91 Å². The molecule has 0 aliphatic carbocycles. The Morgan fingerprint density at radius 1 is 1.23 bits per heavy atom. The van der Waals surface area contributed by atoms with Crippen LogP contribution in [0.15, 0.2) is 6.07 Å². The average Bonchev–Trinajstić information content (AvgIpc) is 3.01. The van der Waals surface area contributed by atoms with Gasteiger partial charge in [-0.2, -0.15) is 5.10 Å². The zero-order valence-electron chi connectivity index (χ0n) is 14.1. The number of aromatic nitrogens is 2. The van der Waals surface area contributed by atoms with E-state index >= 15 is 0 Å². The highest BCUT2D eigenvalue weighted by molar-refractivity contribution is 5.92. The van der Waals surface area contributed by atoms with Gasteiger partial charge in [-0.25, -0.2) is 0 Å². The summed E-state index contributed by atoms with van der Waals surface area (Å²) in [6.07, 6.45) is 4.34. The number of carbonyl (C=O) groups excluding carboxylic acids is 1. The molecule has 2 N–H and O–H groups in total. The van der Waals surface area contributed by atoms with Crippen LogP contribution < -0.4 is 5.32 Å². The van der Waals surface area contributed by atoms with Gasteiger partial charge in [0.15, 0.2) is 0 Å². The molecule has 1 aliphatic rings. The molecule has 0 atom stereocenters. The summed E-state index contributed by atoms with van der Waals surface area (Å²) in [7, 11) is 6.00. The van der Waals surface area contributed by atoms with E-state index < -0.39 is 0 Å². The molecule has 22 heavy (non-hydrogen) atoms. The van der Waals surface area contributed by atoms with Crippen LogP contribution in [-0.2, 0) is 0 Å². The molecule has 1 fully saturated rings. The van der Waals surface area contributed by atoms with E-state index in [0.29, 0.717) is 11.6 Å². The molecule has 0 aromatic carbocycles. The number of hydrogen-bond acceptors (Lipinski definition) is 4. The lowest BCUT2D eigenvalue weighted by Gasteiger charge is -2.21. The van der Waals surface area contributed by atoms with Gasteiger partial charge in [0, 0.05) is 25.2 Å². The van der Waals surface area contributed by atoms with Gasteiger partial charge in [-0.05, 0) is 65.5 Å². The lowest BCUT2D eigenvalue weighted by atomic mass is 9.94. The van der Waals surface area contributed by atoms with Crippen LogP contribution in [0.25, 0.3) is 0 Å². The van der Waals surface area contributed by atoms with Gasteiger partial charge in [0.2, 0.25) is 0 Å². The largest absolute Gasteiger partial charge is 0.340 e. The van der Waals surface area contributed by atoms with Crippen LogP contribution in [0.4, 0.5) is 0 Å². The van der Waals surface area contributed by atoms with E-state index in [2.05, 4.69) is 34.5 Å². The second kappa shape index (κ2) is 8.29. The zero-order valence-corrected chi connectivity index (χ0v) is 14.1. The van der Waals surface area contributed by atoms with Crippen molar-refractivity contribution in [1.29, 1.82) is 0 Å². The molecule has 2 heterocycles. The minimum atomic E-state index is 0.0151. The smallest absolute Gasteiger partial charge is 0.274 e. The zero-order chi connectivity index (χ0) is 15.9. The van der Waals surface area contributed by atoms with E-state index in [1.807, 2.05) is 13.1 Å². The van der Waals surface area contributed by atoms with Crippen LogP contribution >= 0.6 is 0 Å². The van der Waals surface area contributed by atoms with Crippen molar-refractivity contribution in [3.05, 3.63) is 17.5 Å². The molecule has 0 radical (unpaired) electrons. The van der Waals surface area contributed by atoms with Gasteiger partial charge in [0.05, 0.1) is 0 Å². The van der Waals surface area contributed by atoms with Crippen molar-refractivity contribution in [2.45, 2.75) is 31.6 Å². The minimum Gasteiger partial charge on any atom is -0.340 e. The summed E-state index contributed by atoms with van der Waals surface area (Å²) < 4.78 is 0. The molecule has 0 spiro atoms. The molecular weight excluding hydrogens is 278 g/mol. The Morgan fingerprint density at radius 2 is 1.91 bits per heavy atom. The third kappa shape index (κ3) is 4.81. The molecule has 0 unspecified atom stereocenters. The molecule has 1 amide bonds. The number of H-pyrrole nitrogens is 1. The van der Waals surface area contributed by atoms with E-state index in [9.17, 15) is 4.79 Å². The topological polar surface area (TPSA) is 64.3 Å². The summed E-state index contributed by atoms with van der Waals surface area (Å²) in [5.41, 5.74) is 1.65. The Balaban J connectivity index is 1.82. The summed E-state index contributed by atoms with van der Waals surface area (Å²) in [4.78, 5) is 16.3. The fraction of sp³-hybridized carbons (Fsp3) is 0.750. The van der Waals surface area contributed by atoms with Gasteiger partial charge >= 0.3 is 0 Å². The summed E-state index contributed by atoms with van der Waals surface area (Å²) in [5.74, 6) is 0.516. The molecule has 1 saturated heterocycles. The first-order valence-corrected chi connectivity index (χ1v) is 8.24. The Bertz CT molecular complexity index is 465. The van der Waals surface area contributed by atoms with E-state index in [-0.39, 0.29) is 5.91 Å². The number of rotatable bonds is 7. The molecule has 2 rings (SSSR count). The fourth-order valence-corrected chi connectivity index (χ4v) is 2.86. The molecule has 0 saturated carbocycles. The first-order chi connectivity index (χ1) is 10.6. The number of nitrogens with one attached hydrogen (secondary N) is 2. The van der Waals surface area contributed by atoms with E-state index in [1.165, 1.54) is 0 Å². The van der Waals surface area contributed by atoms with Crippen molar-refractivity contribution in [2.24, 2.45) is 0 Å². The van der Waals surface area contributed by atoms with Crippen molar-refractivity contribution in [3.63, 3.8) is 0 Å². The first-order valence-electron chi connectivity index (χ1n) is 8.24. The van der Waals surface area contributed by atoms with Crippen molar-refractivity contribution in [1.82, 2.24) is 25.3 Å². The number of amides is 1. The SMILES string of the molecule is CN(C)CCCCN(C)C(=O)c1cc(C2CCNCC2)[nH]n1. The second-order valence-corrected chi connectivity index (χ2v) is 6.47. The molecule has 1 aromatic rings. The van der Waals surface area contributed by atoms with Gasteiger partial charge in [0.1, 0.15) is 5.69 Å². The van der Waals surface area contributed by atoms with Crippen LogP contribution in [0, 0.1) is 0 Å². The average molecular weight is 307 g/mol. The molecule has 124 valence electrons. The Hall–Kier alpha value is -1.40. The van der Waals surface area contributed by atoms with Gasteiger partial charge in [-0.15, -0.1) is 0 Å². The monoisotopic (exact) mass is 307 g/mol. The maximum absolute atomic E-state index is 12.4. The van der Waals surface area contributed by atoms with Crippen LogP contribution in [0.3, 0.4) is 0 Å². The predicted molar refractivity (Wildman–Crippen MR) is 88.2 cm³/mol. The first kappa shape index (κ1) is 17.0. The normalized spacial score (nSPS) is 16.2. The second-order valence-electron chi connectivity index (χ2n) is 6.47. The molecule has 0 bridgehead atoms. The van der Waals surface area contributed by atoms with Gasteiger partial charge < -0.3 is 15.1 Å². The van der Waals surface area contributed by atoms with Crippen molar-refractivity contribution < 1.29 is 4.79 Å². The molecule has 1 aliphatic heterocycles. The highest BCUT2D eigenvalue weighted by Gasteiger charge is 2.20. The predicted octanol–water partition coefficient (Wildman–Crippen LogP) is 1.29. The molecule has 6 nitrogen and oxygen atoms in total. The van der Waals surface area contributed by atoms with Crippen molar-refractivity contribution in [2.75, 3.05) is 47.3 Å². The number of aromatic amines is 1. The minimum absolute atomic E-state index is 0.0151. The fourth-order valence-electron chi connectivity index (χ4n) is 2.86. The quantitative estimate of drug-likeness (QED) is 0.745. The maximum atomic E-state index is 12.4. The Labute approximate surface area is 133 Å². The molecule has 6 heteroatoms. The number of hydrogen-bond donors (Lipinski definition) is 2. The third-order valence-corrected chi connectivity index (χ3v) is 4.29. The lowest BCUT2D eigenvalue weighted by molar-refractivity contribution is 0.0786. The summed E-state index contributed by atoms with van der Waals surface area (Å²) in [5, 5.41) is 10.6. The highest BCUT2D eigenvalue weighted by Crippen LogP contribution is 2.23. The summed E-state index contributed by atoms with van der Waals surface area (Å²) >= 11 is 0. The molecule has 1 aromatic heterocycles. The van der Waals surface area contributed by atoms with Crippen LogP contribution in [-0.4, -0.2) is 73.2 Å². The van der Waals surface area contributed by atoms with Gasteiger partial charge in [-0.1, -0.05) is 0 Å². The van der Waals surface area contributed by atoms with E-state index in [4.69, 9.17) is 0 Å². The highest BCUT2D eigenvalue weighted by atomic mass is 16.2. The standard InChI is InChI=1S/C16H29N5O/c1-20(2)10-4-5-11-21(3)16(22)15-12-14(18-19-15)13-6-8-17-9-7-13/h12-13,17H,4-11H2,1-3H3,(H,18,19). The van der Waals surface area contributed by atoms with E-state index in [0.717, 1.165) is 57.6 Å². The van der Waals surface area contributed by atoms with Crippen LogP contribution in [0.2, 0.25) is 0 Å². The number of unbranched alkanes of at least 4 members (excludes halogenated alkanes) is 1. The number of carbonyl (C=O) groups is 1. The van der Waals surface area contributed by atoms with E-state index in [1.54, 1.807) is 4.90 Å². The lowest BCUT2D eigenvalue weighted by Crippen LogP contribution is -2.28. The Kier molecular flexibility index (Phi) is 6.39. The summed E-state index contributed by atoms with van der Waals surface area (Å²) in [6.45, 7) is 3.92. The number of nitrogens with zero attached hydrogens (tertiary/aromatic N) is 3. The molecular formula is C16H29N5O. The number of piperidine rings is 1. The third-order valence-electron chi connectivity index (χ3n) is 4.29. The van der Waals surface area contributed by atoms with Crippen LogP contribution in [0.1, 0.15) is 47.8 Å². The summed E-state index contributed by atoms with van der Waals surface area (Å²) in [6, 6.07) is 1.94. The van der Waals surface area contributed by atoms with Crippen LogP contribution in [0.5, 0.6) is 0 Å². The van der Waals surface area contributed by atoms with Crippen molar-refractivity contribution in [3.8, 4) is 0 Å². The van der Waals surface area contributed by atoms with Gasteiger partial charge in [-0.3, -0.25) is 9.89 Å². The Morgan fingerprint density at radius 3 is 2.59 bits per heavy atom. The maximum Gasteiger partial charge on any atom is 0.274 e.